The molecule has 0 aliphatic carbocycles. The summed E-state index contributed by atoms with van der Waals surface area (Å²) in [6.07, 6.45) is 2.73. The van der Waals surface area contributed by atoms with E-state index in [9.17, 15) is 13.2 Å². The Morgan fingerprint density at radius 3 is 2.63 bits per heavy atom. The van der Waals surface area contributed by atoms with Crippen LogP contribution in [-0.4, -0.2) is 64.1 Å². The fraction of sp³-hybridized carbons (Fsp3) is 0.346. The second kappa shape index (κ2) is 11.5. The van der Waals surface area contributed by atoms with Crippen molar-refractivity contribution in [3.8, 4) is 22.6 Å². The van der Waals surface area contributed by atoms with E-state index in [1.165, 1.54) is 5.56 Å². The van der Waals surface area contributed by atoms with E-state index in [-0.39, 0.29) is 0 Å². The summed E-state index contributed by atoms with van der Waals surface area (Å²) in [6, 6.07) is 12.0. The van der Waals surface area contributed by atoms with Crippen LogP contribution in [-0.2, 0) is 11.3 Å². The number of carboxylic acid groups (broad SMARTS) is 1. The quantitative estimate of drug-likeness (QED) is 0.369. The van der Waals surface area contributed by atoms with Gasteiger partial charge in [-0.25, -0.2) is 14.3 Å². The van der Waals surface area contributed by atoms with Crippen molar-refractivity contribution in [2.45, 2.75) is 31.5 Å². The van der Waals surface area contributed by atoms with Crippen LogP contribution in [0.5, 0.6) is 11.5 Å². The van der Waals surface area contributed by atoms with Crippen molar-refractivity contribution >= 4 is 11.6 Å². The van der Waals surface area contributed by atoms with E-state index in [1.54, 1.807) is 20.5 Å². The summed E-state index contributed by atoms with van der Waals surface area (Å²) >= 11 is 0. The maximum absolute atomic E-state index is 10.6. The van der Waals surface area contributed by atoms with Crippen LogP contribution in [0.15, 0.2) is 59.5 Å². The number of para-hydroxylation sites is 1. The largest absolute Gasteiger partial charge is 0.493 e. The summed E-state index contributed by atoms with van der Waals surface area (Å²) in [4.78, 5) is 16.2. The van der Waals surface area contributed by atoms with Crippen molar-refractivity contribution in [3.05, 3.63) is 66.5 Å². The van der Waals surface area contributed by atoms with E-state index in [4.69, 9.17) is 33.9 Å². The van der Waals surface area contributed by atoms with Crippen LogP contribution >= 0.6 is 0 Å². The number of aromatic nitrogens is 3. The number of alkyl halides is 3. The lowest BCUT2D eigenvalue weighted by Crippen LogP contribution is -2.34. The number of benzene rings is 1. The van der Waals surface area contributed by atoms with Crippen LogP contribution in [0.25, 0.3) is 16.8 Å². The minimum Gasteiger partial charge on any atom is -0.493 e. The Morgan fingerprint density at radius 2 is 1.97 bits per heavy atom. The number of aliphatic carboxylic acids is 1. The number of pyridine rings is 1. The predicted octanol–water partition coefficient (Wildman–Crippen LogP) is 5.02. The molecule has 1 fully saturated rings. The molecular formula is C26H27F3N4O5. The monoisotopic (exact) mass is 532 g/mol. The Hall–Kier alpha value is -4.06. The number of methoxy groups -OCH3 is 2. The molecule has 4 aromatic rings. The molecule has 1 aromatic carbocycles. The van der Waals surface area contributed by atoms with Gasteiger partial charge in [0.15, 0.2) is 23.0 Å². The predicted molar refractivity (Wildman–Crippen MR) is 131 cm³/mol. The summed E-state index contributed by atoms with van der Waals surface area (Å²) in [6.45, 7) is 2.95. The summed E-state index contributed by atoms with van der Waals surface area (Å²) in [5.74, 6) is -0.0966. The fourth-order valence-corrected chi connectivity index (χ4v) is 4.40. The van der Waals surface area contributed by atoms with Gasteiger partial charge in [-0.1, -0.05) is 12.1 Å². The molecule has 1 N–H and O–H groups in total. The molecule has 1 saturated heterocycles. The zero-order valence-electron chi connectivity index (χ0n) is 20.8. The molecule has 0 bridgehead atoms. The van der Waals surface area contributed by atoms with E-state index in [1.807, 2.05) is 47.3 Å². The first kappa shape index (κ1) is 27.0. The Balaban J connectivity index is 0.000000426. The highest BCUT2D eigenvalue weighted by Gasteiger charge is 2.38. The second-order valence-electron chi connectivity index (χ2n) is 8.74. The average molecular weight is 533 g/mol. The van der Waals surface area contributed by atoms with Gasteiger partial charge >= 0.3 is 12.1 Å². The van der Waals surface area contributed by atoms with Gasteiger partial charge in [-0.15, -0.1) is 0 Å². The van der Waals surface area contributed by atoms with Crippen molar-refractivity contribution in [3.63, 3.8) is 0 Å². The van der Waals surface area contributed by atoms with Crippen LogP contribution in [0.1, 0.15) is 30.1 Å². The molecule has 1 aliphatic rings. The number of piperidine rings is 1. The Bertz CT molecular complexity index is 1370. The molecule has 0 spiro atoms. The van der Waals surface area contributed by atoms with Crippen LogP contribution in [0.2, 0.25) is 0 Å². The molecule has 5 rings (SSSR count). The third-order valence-electron chi connectivity index (χ3n) is 6.16. The van der Waals surface area contributed by atoms with Gasteiger partial charge < -0.3 is 19.0 Å². The average Bonchev–Trinajstić information content (AvgIpc) is 3.57. The zero-order chi connectivity index (χ0) is 27.3. The minimum atomic E-state index is -5.08. The van der Waals surface area contributed by atoms with E-state index < -0.39 is 12.1 Å². The normalized spacial score (nSPS) is 16.1. The molecule has 1 unspecified atom stereocenters. The molecule has 38 heavy (non-hydrogen) atoms. The van der Waals surface area contributed by atoms with E-state index in [0.29, 0.717) is 17.4 Å². The van der Waals surface area contributed by atoms with Crippen LogP contribution in [0.3, 0.4) is 0 Å². The van der Waals surface area contributed by atoms with Crippen molar-refractivity contribution in [1.29, 1.82) is 0 Å². The highest BCUT2D eigenvalue weighted by Crippen LogP contribution is 2.38. The highest BCUT2D eigenvalue weighted by molar-refractivity contribution is 5.74. The molecule has 202 valence electrons. The van der Waals surface area contributed by atoms with Gasteiger partial charge in [-0.2, -0.15) is 18.3 Å². The third-order valence-corrected chi connectivity index (χ3v) is 6.16. The van der Waals surface area contributed by atoms with Crippen molar-refractivity contribution in [1.82, 2.24) is 19.5 Å². The summed E-state index contributed by atoms with van der Waals surface area (Å²) in [5.41, 5.74) is 4.03. The highest BCUT2D eigenvalue weighted by atomic mass is 19.4. The number of carboxylic acids is 1. The zero-order valence-corrected chi connectivity index (χ0v) is 20.8. The first-order chi connectivity index (χ1) is 18.2. The number of hydrogen-bond acceptors (Lipinski definition) is 7. The van der Waals surface area contributed by atoms with E-state index in [2.05, 4.69) is 11.0 Å². The lowest BCUT2D eigenvalue weighted by molar-refractivity contribution is -0.192. The number of carbonyl (C=O) groups is 1. The van der Waals surface area contributed by atoms with Crippen molar-refractivity contribution in [2.24, 2.45) is 0 Å². The molecule has 0 saturated carbocycles. The molecule has 0 radical (unpaired) electrons. The molecule has 3 aromatic heterocycles. The third kappa shape index (κ3) is 6.25. The first-order valence-electron chi connectivity index (χ1n) is 11.8. The standard InChI is InChI=1S/C24H26N4O3.C2HF3O2/c1-29-21-7-3-6-20(23(21)30-2)18-8-9-22-25-24(26-28(22)15-18)19-5-4-11-27(14-19)13-17-10-12-31-16-17;3-2(4,5)1(6)7/h3,6-10,12,15-16,19H,4-5,11,13-14H2,1-2H3;(H,6,7). The molecule has 1 atom stereocenters. The molecular weight excluding hydrogens is 505 g/mol. The van der Waals surface area contributed by atoms with Crippen LogP contribution in [0, 0.1) is 0 Å². The van der Waals surface area contributed by atoms with Gasteiger partial charge in [-0.3, -0.25) is 4.90 Å². The van der Waals surface area contributed by atoms with Crippen molar-refractivity contribution in [2.75, 3.05) is 27.3 Å². The molecule has 12 heteroatoms. The summed E-state index contributed by atoms with van der Waals surface area (Å²) in [5, 5.41) is 12.0. The maximum atomic E-state index is 10.6. The topological polar surface area (TPSA) is 102 Å². The van der Waals surface area contributed by atoms with Gasteiger partial charge in [0, 0.05) is 41.9 Å². The second-order valence-corrected chi connectivity index (χ2v) is 8.74. The smallest absolute Gasteiger partial charge is 0.490 e. The van der Waals surface area contributed by atoms with Gasteiger partial charge in [0.05, 0.1) is 26.7 Å². The number of halogens is 3. The SMILES string of the molecule is COc1cccc(-c2ccc3nc(C4CCCN(Cc5ccoc5)C4)nn3c2)c1OC.O=C(O)C(F)(F)F. The van der Waals surface area contributed by atoms with E-state index >= 15 is 0 Å². The van der Waals surface area contributed by atoms with E-state index in [0.717, 1.165) is 55.1 Å². The van der Waals surface area contributed by atoms with Crippen molar-refractivity contribution < 1.29 is 37.0 Å². The van der Waals surface area contributed by atoms with Crippen LogP contribution < -0.4 is 9.47 Å². The van der Waals surface area contributed by atoms with Gasteiger partial charge in [-0.05, 0) is 43.7 Å². The number of ether oxygens (including phenoxy) is 2. The first-order valence-corrected chi connectivity index (χ1v) is 11.8. The number of rotatable bonds is 6. The number of fused-ring (bicyclic) bond motifs is 1. The Labute approximate surface area is 216 Å². The molecule has 0 amide bonds. The number of furan rings is 1. The van der Waals surface area contributed by atoms with Gasteiger partial charge in [0.1, 0.15) is 0 Å². The molecule has 4 heterocycles. The molecule has 1 aliphatic heterocycles. The lowest BCUT2D eigenvalue weighted by atomic mass is 9.97. The summed E-state index contributed by atoms with van der Waals surface area (Å²) < 4.78 is 49.9. The number of nitrogens with zero attached hydrogens (tertiary/aromatic N) is 4. The van der Waals surface area contributed by atoms with Gasteiger partial charge in [0.25, 0.3) is 0 Å². The Kier molecular flexibility index (Phi) is 8.20. The van der Waals surface area contributed by atoms with Crippen LogP contribution in [0.4, 0.5) is 13.2 Å². The molecule has 9 nitrogen and oxygen atoms in total. The fourth-order valence-electron chi connectivity index (χ4n) is 4.40. The maximum Gasteiger partial charge on any atom is 0.490 e. The Morgan fingerprint density at radius 1 is 1.18 bits per heavy atom. The number of hydrogen-bond donors (Lipinski definition) is 1. The summed E-state index contributed by atoms with van der Waals surface area (Å²) in [7, 11) is 3.31. The minimum absolute atomic E-state index is 0.329. The lowest BCUT2D eigenvalue weighted by Gasteiger charge is -2.30. The number of likely N-dealkylation sites (tertiary alicyclic amines) is 1. The van der Waals surface area contributed by atoms with Gasteiger partial charge in [0.2, 0.25) is 0 Å².